The van der Waals surface area contributed by atoms with Crippen molar-refractivity contribution in [2.24, 2.45) is 0 Å². The van der Waals surface area contributed by atoms with Crippen LogP contribution in [0.3, 0.4) is 0 Å². The Balaban J connectivity index is 1.34. The number of ether oxygens (including phenoxy) is 2. The molecular formula is C29H38N4O4. The lowest BCUT2D eigenvalue weighted by atomic mass is 9.94. The fourth-order valence-corrected chi connectivity index (χ4v) is 5.12. The van der Waals surface area contributed by atoms with Crippen LogP contribution in [0.15, 0.2) is 42.5 Å². The molecule has 0 radical (unpaired) electrons. The van der Waals surface area contributed by atoms with Crippen LogP contribution < -0.4 is 14.8 Å². The van der Waals surface area contributed by atoms with Crippen LogP contribution in [0.5, 0.6) is 11.5 Å². The van der Waals surface area contributed by atoms with Crippen molar-refractivity contribution in [1.82, 2.24) is 19.8 Å². The maximum atomic E-state index is 13.2. The van der Waals surface area contributed by atoms with E-state index in [0.29, 0.717) is 30.5 Å². The molecule has 0 spiro atoms. The molecule has 1 heterocycles. The zero-order valence-electron chi connectivity index (χ0n) is 22.2. The normalized spacial score (nSPS) is 13.9. The SMILES string of the molecule is COc1ccc(CC(=O)NCCCc2nc3ccccc3n2CC(=O)N(C)C2CCCCC2)cc1OC. The van der Waals surface area contributed by atoms with Crippen LogP contribution in [-0.2, 0) is 29.0 Å². The zero-order valence-corrected chi connectivity index (χ0v) is 22.2. The molecule has 8 heteroatoms. The molecule has 1 aliphatic carbocycles. The molecule has 37 heavy (non-hydrogen) atoms. The zero-order chi connectivity index (χ0) is 26.2. The minimum Gasteiger partial charge on any atom is -0.493 e. The Kier molecular flexibility index (Phi) is 9.04. The number of nitrogens with zero attached hydrogens (tertiary/aromatic N) is 3. The van der Waals surface area contributed by atoms with Crippen molar-refractivity contribution >= 4 is 22.8 Å². The van der Waals surface area contributed by atoms with Gasteiger partial charge in [0.25, 0.3) is 0 Å². The van der Waals surface area contributed by atoms with Crippen molar-refractivity contribution < 1.29 is 19.1 Å². The number of para-hydroxylation sites is 2. The molecule has 3 aromatic rings. The summed E-state index contributed by atoms with van der Waals surface area (Å²) < 4.78 is 12.6. The van der Waals surface area contributed by atoms with Crippen LogP contribution in [-0.4, -0.2) is 60.1 Å². The highest BCUT2D eigenvalue weighted by Gasteiger charge is 2.23. The topological polar surface area (TPSA) is 85.7 Å². The number of aromatic nitrogens is 2. The van der Waals surface area contributed by atoms with Crippen LogP contribution in [0.4, 0.5) is 0 Å². The highest BCUT2D eigenvalue weighted by atomic mass is 16.5. The Morgan fingerprint density at radius 1 is 1.05 bits per heavy atom. The molecule has 1 N–H and O–H groups in total. The first-order chi connectivity index (χ1) is 18.0. The van der Waals surface area contributed by atoms with Crippen molar-refractivity contribution in [2.75, 3.05) is 27.8 Å². The molecular weight excluding hydrogens is 468 g/mol. The molecule has 0 saturated heterocycles. The number of nitrogens with one attached hydrogen (secondary N) is 1. The van der Waals surface area contributed by atoms with Gasteiger partial charge in [-0.3, -0.25) is 9.59 Å². The Hall–Kier alpha value is -3.55. The maximum absolute atomic E-state index is 13.2. The van der Waals surface area contributed by atoms with E-state index in [1.165, 1.54) is 19.3 Å². The fraction of sp³-hybridized carbons (Fsp3) is 0.483. The van der Waals surface area contributed by atoms with Crippen LogP contribution in [0.1, 0.15) is 49.9 Å². The largest absolute Gasteiger partial charge is 0.493 e. The Bertz CT molecular complexity index is 1220. The number of hydrogen-bond acceptors (Lipinski definition) is 5. The maximum Gasteiger partial charge on any atom is 0.242 e. The van der Waals surface area contributed by atoms with Crippen LogP contribution in [0, 0.1) is 0 Å². The number of rotatable bonds is 11. The van der Waals surface area contributed by atoms with E-state index >= 15 is 0 Å². The molecule has 2 aromatic carbocycles. The minimum atomic E-state index is -0.0509. The van der Waals surface area contributed by atoms with E-state index in [9.17, 15) is 9.59 Å². The van der Waals surface area contributed by atoms with E-state index in [4.69, 9.17) is 14.5 Å². The number of likely N-dealkylation sites (N-methyl/N-ethyl adjacent to an activating group) is 1. The van der Waals surface area contributed by atoms with Gasteiger partial charge >= 0.3 is 0 Å². The summed E-state index contributed by atoms with van der Waals surface area (Å²) in [6.45, 7) is 0.819. The van der Waals surface area contributed by atoms with Gasteiger partial charge in [0.05, 0.1) is 31.7 Å². The van der Waals surface area contributed by atoms with Gasteiger partial charge in [0.1, 0.15) is 12.4 Å². The molecule has 1 fully saturated rings. The van der Waals surface area contributed by atoms with Crippen LogP contribution in [0.25, 0.3) is 11.0 Å². The minimum absolute atomic E-state index is 0.0509. The number of imidazole rings is 1. The van der Waals surface area contributed by atoms with Gasteiger partial charge in [-0.25, -0.2) is 4.98 Å². The molecule has 0 aliphatic heterocycles. The lowest BCUT2D eigenvalue weighted by Gasteiger charge is -2.31. The first-order valence-corrected chi connectivity index (χ1v) is 13.2. The second-order valence-electron chi connectivity index (χ2n) is 9.72. The average molecular weight is 507 g/mol. The van der Waals surface area contributed by atoms with Crippen LogP contribution >= 0.6 is 0 Å². The van der Waals surface area contributed by atoms with Gasteiger partial charge < -0.3 is 24.3 Å². The van der Waals surface area contributed by atoms with Crippen molar-refractivity contribution in [2.45, 2.75) is 64.0 Å². The third kappa shape index (κ3) is 6.61. The molecule has 1 aliphatic rings. The van der Waals surface area contributed by atoms with E-state index in [2.05, 4.69) is 5.32 Å². The molecule has 8 nitrogen and oxygen atoms in total. The first kappa shape index (κ1) is 26.5. The third-order valence-corrected chi connectivity index (χ3v) is 7.25. The van der Waals surface area contributed by atoms with Crippen LogP contribution in [0.2, 0.25) is 0 Å². The third-order valence-electron chi connectivity index (χ3n) is 7.25. The lowest BCUT2D eigenvalue weighted by Crippen LogP contribution is -2.40. The molecule has 2 amide bonds. The van der Waals surface area contributed by atoms with Crippen molar-refractivity contribution in [3.63, 3.8) is 0 Å². The standard InChI is InChI=1S/C29H38N4O4/c1-32(22-10-5-4-6-11-22)29(35)20-33-24-13-8-7-12-23(24)31-27(33)14-9-17-30-28(34)19-21-15-16-25(36-2)26(18-21)37-3/h7-8,12-13,15-16,18,22H,4-6,9-11,14,17,19-20H2,1-3H3,(H,30,34). The summed E-state index contributed by atoms with van der Waals surface area (Å²) in [6, 6.07) is 13.8. The summed E-state index contributed by atoms with van der Waals surface area (Å²) in [6.07, 6.45) is 7.49. The monoisotopic (exact) mass is 506 g/mol. The van der Waals surface area contributed by atoms with Gasteiger partial charge in [-0.2, -0.15) is 0 Å². The molecule has 0 unspecified atom stereocenters. The fourth-order valence-electron chi connectivity index (χ4n) is 5.12. The van der Waals surface area contributed by atoms with Crippen molar-refractivity contribution in [3.8, 4) is 11.5 Å². The van der Waals surface area contributed by atoms with Crippen molar-refractivity contribution in [3.05, 3.63) is 53.9 Å². The van der Waals surface area contributed by atoms with Gasteiger partial charge in [-0.05, 0) is 49.1 Å². The molecule has 1 saturated carbocycles. The number of amides is 2. The summed E-state index contributed by atoms with van der Waals surface area (Å²) in [5.74, 6) is 2.19. The smallest absolute Gasteiger partial charge is 0.242 e. The predicted molar refractivity (Wildman–Crippen MR) is 144 cm³/mol. The lowest BCUT2D eigenvalue weighted by molar-refractivity contribution is -0.133. The number of hydrogen-bond donors (Lipinski definition) is 1. The number of aryl methyl sites for hydroxylation is 1. The number of carbonyl (C=O) groups is 2. The summed E-state index contributed by atoms with van der Waals surface area (Å²) >= 11 is 0. The average Bonchev–Trinajstić information content (AvgIpc) is 3.28. The predicted octanol–water partition coefficient (Wildman–Crippen LogP) is 4.14. The van der Waals surface area contributed by atoms with Crippen molar-refractivity contribution in [1.29, 1.82) is 0 Å². The second-order valence-corrected chi connectivity index (χ2v) is 9.72. The Morgan fingerprint density at radius 3 is 2.57 bits per heavy atom. The van der Waals surface area contributed by atoms with E-state index in [1.54, 1.807) is 20.3 Å². The molecule has 0 atom stereocenters. The van der Waals surface area contributed by atoms with E-state index in [1.807, 2.05) is 52.9 Å². The Labute approximate surface area is 219 Å². The summed E-state index contributed by atoms with van der Waals surface area (Å²) in [4.78, 5) is 32.4. The van der Waals surface area contributed by atoms with E-state index in [0.717, 1.165) is 41.7 Å². The molecule has 4 rings (SSSR count). The second kappa shape index (κ2) is 12.6. The summed E-state index contributed by atoms with van der Waals surface area (Å²) in [7, 11) is 5.10. The highest BCUT2D eigenvalue weighted by Crippen LogP contribution is 2.27. The highest BCUT2D eigenvalue weighted by molar-refractivity contribution is 5.81. The number of carbonyl (C=O) groups excluding carboxylic acids is 2. The number of fused-ring (bicyclic) bond motifs is 1. The van der Waals surface area contributed by atoms with Gasteiger partial charge in [0.2, 0.25) is 11.8 Å². The van der Waals surface area contributed by atoms with Gasteiger partial charge in [-0.1, -0.05) is 37.5 Å². The first-order valence-electron chi connectivity index (χ1n) is 13.2. The quantitative estimate of drug-likeness (QED) is 0.395. The molecule has 1 aromatic heterocycles. The molecule has 0 bridgehead atoms. The molecule has 198 valence electrons. The van der Waals surface area contributed by atoms with Gasteiger partial charge in [0, 0.05) is 26.1 Å². The number of benzene rings is 2. The van der Waals surface area contributed by atoms with E-state index in [-0.39, 0.29) is 24.8 Å². The Morgan fingerprint density at radius 2 is 1.81 bits per heavy atom. The van der Waals surface area contributed by atoms with E-state index < -0.39 is 0 Å². The van der Waals surface area contributed by atoms with Gasteiger partial charge in [0.15, 0.2) is 11.5 Å². The number of methoxy groups -OCH3 is 2. The van der Waals surface area contributed by atoms with Gasteiger partial charge in [-0.15, -0.1) is 0 Å². The summed E-state index contributed by atoms with van der Waals surface area (Å²) in [5.41, 5.74) is 2.72. The summed E-state index contributed by atoms with van der Waals surface area (Å²) in [5, 5.41) is 3.00.